The standard InChI is InChI=1S/C23H29NO10/c1-24-13-7-11(8-14(24)19-18(13)33-19)32-22(30)12(10-5-3-2-4-6-10)9-31-23-17(27)15(25)16(26)20(34-23)21(28)29/h2-6,11-20,23,25-27H,7-9H2,1H3,(H,28,29)/t11?,12-,13-,14-,15-,16-,17+,18-,19+,20-,23+/m0/s1. The number of hydrogen-bond donors (Lipinski definition) is 4. The first kappa shape index (κ1) is 23.6. The molecule has 4 saturated heterocycles. The van der Waals surface area contributed by atoms with Crippen molar-refractivity contribution in [2.75, 3.05) is 13.7 Å². The summed E-state index contributed by atoms with van der Waals surface area (Å²) in [5, 5.41) is 39.3. The lowest BCUT2D eigenvalue weighted by Gasteiger charge is -2.39. The molecule has 0 spiro atoms. The van der Waals surface area contributed by atoms with Gasteiger partial charge in [-0.05, 0) is 12.6 Å². The molecule has 186 valence electrons. The van der Waals surface area contributed by atoms with Crippen LogP contribution in [-0.2, 0) is 28.5 Å². The summed E-state index contributed by atoms with van der Waals surface area (Å²) < 4.78 is 22.3. The number of carbonyl (C=O) groups excluding carboxylic acids is 1. The number of likely N-dealkylation sites (N-methyl/N-ethyl adjacent to an activating group) is 1. The number of fused-ring (bicyclic) bond motifs is 5. The second kappa shape index (κ2) is 9.15. The van der Waals surface area contributed by atoms with Crippen LogP contribution in [0, 0.1) is 0 Å². The molecule has 1 aromatic rings. The van der Waals surface area contributed by atoms with E-state index in [0.29, 0.717) is 18.4 Å². The molecule has 1 aromatic carbocycles. The lowest BCUT2D eigenvalue weighted by Crippen LogP contribution is -2.60. The molecule has 0 amide bonds. The monoisotopic (exact) mass is 479 g/mol. The molecule has 0 radical (unpaired) electrons. The van der Waals surface area contributed by atoms with Crippen molar-refractivity contribution < 1.29 is 49.0 Å². The van der Waals surface area contributed by atoms with E-state index in [4.69, 9.17) is 18.9 Å². The minimum Gasteiger partial charge on any atom is -0.479 e. The van der Waals surface area contributed by atoms with Crippen LogP contribution in [0.2, 0.25) is 0 Å². The highest BCUT2D eigenvalue weighted by atomic mass is 16.7. The molecular formula is C23H29NO10. The Balaban J connectivity index is 1.26. The van der Waals surface area contributed by atoms with Crippen molar-refractivity contribution in [3.05, 3.63) is 35.9 Å². The molecule has 4 aliphatic heterocycles. The van der Waals surface area contributed by atoms with Gasteiger partial charge in [-0.25, -0.2) is 4.79 Å². The summed E-state index contributed by atoms with van der Waals surface area (Å²) in [4.78, 5) is 26.9. The van der Waals surface area contributed by atoms with E-state index in [9.17, 15) is 30.0 Å². The molecule has 4 aliphatic rings. The van der Waals surface area contributed by atoms with E-state index >= 15 is 0 Å². The summed E-state index contributed by atoms with van der Waals surface area (Å²) >= 11 is 0. The summed E-state index contributed by atoms with van der Waals surface area (Å²) in [5.41, 5.74) is 0.621. The predicted octanol–water partition coefficient (Wildman–Crippen LogP) is -1.17. The maximum atomic E-state index is 13.2. The first-order chi connectivity index (χ1) is 16.3. The molecule has 1 unspecified atom stereocenters. The zero-order valence-electron chi connectivity index (χ0n) is 18.5. The number of piperidine rings is 1. The normalized spacial score (nSPS) is 42.0. The number of rotatable bonds is 7. The van der Waals surface area contributed by atoms with E-state index in [2.05, 4.69) is 11.9 Å². The van der Waals surface area contributed by atoms with Gasteiger partial charge in [0.25, 0.3) is 0 Å². The summed E-state index contributed by atoms with van der Waals surface area (Å²) in [6, 6.07) is 9.27. The van der Waals surface area contributed by atoms with Gasteiger partial charge in [0.05, 0.1) is 6.61 Å². The Labute approximate surface area is 195 Å². The Hall–Kier alpha value is -2.12. The molecule has 2 bridgehead atoms. The van der Waals surface area contributed by atoms with Crippen LogP contribution in [0.25, 0.3) is 0 Å². The van der Waals surface area contributed by atoms with E-state index in [0.717, 1.165) is 0 Å². The smallest absolute Gasteiger partial charge is 0.335 e. The van der Waals surface area contributed by atoms with Crippen molar-refractivity contribution in [1.29, 1.82) is 0 Å². The highest BCUT2D eigenvalue weighted by molar-refractivity contribution is 5.78. The van der Waals surface area contributed by atoms with Crippen molar-refractivity contribution in [1.82, 2.24) is 4.90 Å². The molecule has 11 heteroatoms. The van der Waals surface area contributed by atoms with Crippen LogP contribution in [0.1, 0.15) is 24.3 Å². The highest BCUT2D eigenvalue weighted by Gasteiger charge is 2.63. The minimum atomic E-state index is -1.82. The second-order valence-corrected chi connectivity index (χ2v) is 9.43. The Kier molecular flexibility index (Phi) is 6.36. The number of aliphatic carboxylic acids is 1. The van der Waals surface area contributed by atoms with Crippen LogP contribution < -0.4 is 0 Å². The van der Waals surface area contributed by atoms with Gasteiger partial charge in [0.2, 0.25) is 0 Å². The van der Waals surface area contributed by atoms with Gasteiger partial charge in [0.15, 0.2) is 12.4 Å². The van der Waals surface area contributed by atoms with E-state index in [1.807, 2.05) is 0 Å². The highest BCUT2D eigenvalue weighted by Crippen LogP contribution is 2.48. The number of nitrogens with zero attached hydrogens (tertiary/aromatic N) is 1. The SMILES string of the molecule is CN1[C@H]2CC(OC(=O)[C@@H](CO[C@@H]3O[C@H](C(=O)O)[C@@H](O)[C@H](O)[C@H]3O)c3ccccc3)C[C@H]1[C@H]1O[C@H]12. The van der Waals surface area contributed by atoms with E-state index in [1.165, 1.54) is 0 Å². The Bertz CT molecular complexity index is 896. The average molecular weight is 479 g/mol. The number of ether oxygens (including phenoxy) is 4. The van der Waals surface area contributed by atoms with Gasteiger partial charge in [-0.1, -0.05) is 30.3 Å². The fourth-order valence-corrected chi connectivity index (χ4v) is 5.41. The number of benzene rings is 1. The van der Waals surface area contributed by atoms with Gasteiger partial charge in [0, 0.05) is 24.9 Å². The van der Waals surface area contributed by atoms with Gasteiger partial charge >= 0.3 is 11.9 Å². The molecule has 0 aromatic heterocycles. The summed E-state index contributed by atoms with van der Waals surface area (Å²) in [7, 11) is 2.06. The summed E-state index contributed by atoms with van der Waals surface area (Å²) in [6.45, 7) is -0.284. The average Bonchev–Trinajstić information content (AvgIpc) is 3.58. The maximum Gasteiger partial charge on any atom is 0.335 e. The number of carbonyl (C=O) groups is 2. The first-order valence-corrected chi connectivity index (χ1v) is 11.4. The summed E-state index contributed by atoms with van der Waals surface area (Å²) in [5.74, 6) is -2.88. The quantitative estimate of drug-likeness (QED) is 0.276. The molecule has 0 aliphatic carbocycles. The third-order valence-electron chi connectivity index (χ3n) is 7.38. The van der Waals surface area contributed by atoms with Crippen LogP contribution in [-0.4, -0.2) is 112 Å². The van der Waals surface area contributed by atoms with E-state index in [-0.39, 0.29) is 37.0 Å². The van der Waals surface area contributed by atoms with E-state index < -0.39 is 48.6 Å². The Morgan fingerprint density at radius 1 is 1.03 bits per heavy atom. The largest absolute Gasteiger partial charge is 0.479 e. The Morgan fingerprint density at radius 3 is 2.29 bits per heavy atom. The van der Waals surface area contributed by atoms with Crippen LogP contribution in [0.5, 0.6) is 0 Å². The molecule has 4 fully saturated rings. The van der Waals surface area contributed by atoms with Gasteiger partial charge in [-0.15, -0.1) is 0 Å². The number of esters is 1. The van der Waals surface area contributed by atoms with E-state index in [1.54, 1.807) is 30.3 Å². The van der Waals surface area contributed by atoms with Crippen LogP contribution in [0.15, 0.2) is 30.3 Å². The lowest BCUT2D eigenvalue weighted by molar-refractivity contribution is -0.294. The minimum absolute atomic E-state index is 0.209. The number of carboxylic acids is 1. The molecular weight excluding hydrogens is 450 g/mol. The van der Waals surface area contributed by atoms with Crippen molar-refractivity contribution >= 4 is 11.9 Å². The van der Waals surface area contributed by atoms with Crippen LogP contribution in [0.4, 0.5) is 0 Å². The first-order valence-electron chi connectivity index (χ1n) is 11.4. The van der Waals surface area contributed by atoms with Crippen molar-refractivity contribution in [3.8, 4) is 0 Å². The molecule has 5 rings (SSSR count). The predicted molar refractivity (Wildman–Crippen MR) is 113 cm³/mol. The number of hydrogen-bond acceptors (Lipinski definition) is 10. The molecule has 0 saturated carbocycles. The molecule has 11 atom stereocenters. The topological polar surface area (TPSA) is 159 Å². The van der Waals surface area contributed by atoms with Gasteiger partial charge < -0.3 is 39.4 Å². The van der Waals surface area contributed by atoms with Crippen LogP contribution >= 0.6 is 0 Å². The number of epoxide rings is 1. The fourth-order valence-electron chi connectivity index (χ4n) is 5.41. The molecule has 11 nitrogen and oxygen atoms in total. The Morgan fingerprint density at radius 2 is 1.68 bits per heavy atom. The third-order valence-corrected chi connectivity index (χ3v) is 7.38. The zero-order valence-corrected chi connectivity index (χ0v) is 18.5. The number of carboxylic acid groups (broad SMARTS) is 1. The van der Waals surface area contributed by atoms with Gasteiger partial charge in [0.1, 0.15) is 42.5 Å². The summed E-state index contributed by atoms with van der Waals surface area (Å²) in [6.07, 6.45) is -7.13. The number of morpholine rings is 1. The number of aliphatic hydroxyl groups is 3. The second-order valence-electron chi connectivity index (χ2n) is 9.43. The molecule has 34 heavy (non-hydrogen) atoms. The lowest BCUT2D eigenvalue weighted by atomic mass is 9.97. The number of aliphatic hydroxyl groups excluding tert-OH is 3. The molecule has 4 N–H and O–H groups in total. The zero-order chi connectivity index (χ0) is 24.1. The van der Waals surface area contributed by atoms with Crippen molar-refractivity contribution in [2.24, 2.45) is 0 Å². The van der Waals surface area contributed by atoms with Crippen molar-refractivity contribution in [2.45, 2.75) is 79.9 Å². The van der Waals surface area contributed by atoms with Gasteiger partial charge in [-0.3, -0.25) is 9.69 Å². The van der Waals surface area contributed by atoms with Crippen molar-refractivity contribution in [3.63, 3.8) is 0 Å². The maximum absolute atomic E-state index is 13.2. The van der Waals surface area contributed by atoms with Gasteiger partial charge in [-0.2, -0.15) is 0 Å². The fraction of sp³-hybridized carbons (Fsp3) is 0.652. The van der Waals surface area contributed by atoms with Crippen LogP contribution in [0.3, 0.4) is 0 Å². The third kappa shape index (κ3) is 4.22. The molecule has 4 heterocycles.